The van der Waals surface area contributed by atoms with Crippen LogP contribution < -0.4 is 40.0 Å². The number of tetrazole rings is 1. The Bertz CT molecular complexity index is 1130. The first kappa shape index (κ1) is 26.3. The molecule has 0 spiro atoms. The number of carbonyl (C=O) groups is 3. The number of hydrogen-bond acceptors (Lipinski definition) is 12. The van der Waals surface area contributed by atoms with Gasteiger partial charge in [0.2, 0.25) is 11.1 Å². The fourth-order valence-electron chi connectivity index (χ4n) is 3.51. The Kier molecular flexibility index (Phi) is 8.13. The van der Waals surface area contributed by atoms with Gasteiger partial charge in [-0.25, -0.2) is 4.68 Å². The zero-order valence-corrected chi connectivity index (χ0v) is 21.7. The van der Waals surface area contributed by atoms with Crippen LogP contribution in [0.15, 0.2) is 34.6 Å². The minimum absolute atomic E-state index is 0. The van der Waals surface area contributed by atoms with Crippen LogP contribution in [0.25, 0.3) is 0 Å². The van der Waals surface area contributed by atoms with Gasteiger partial charge in [-0.15, -0.1) is 16.9 Å². The number of nitrogens with one attached hydrogen (secondary N) is 1. The monoisotopic (exact) mass is 515 g/mol. The largest absolute Gasteiger partial charge is 1.00 e. The van der Waals surface area contributed by atoms with E-state index in [0.717, 1.165) is 11.8 Å². The van der Waals surface area contributed by atoms with Crippen LogP contribution in [-0.2, 0) is 21.4 Å². The van der Waals surface area contributed by atoms with E-state index in [2.05, 4.69) is 26.0 Å². The minimum atomic E-state index is -1.31. The molecule has 0 bridgehead atoms. The molecule has 174 valence electrons. The molecule has 1 aromatic carbocycles. The van der Waals surface area contributed by atoms with E-state index in [-0.39, 0.29) is 64.6 Å². The summed E-state index contributed by atoms with van der Waals surface area (Å²) in [4.78, 5) is 38.7. The Morgan fingerprint density at radius 3 is 2.68 bits per heavy atom. The molecule has 1 aromatic heterocycles. The van der Waals surface area contributed by atoms with E-state index in [1.54, 1.807) is 7.05 Å². The Hall–Kier alpha value is -2.33. The van der Waals surface area contributed by atoms with Gasteiger partial charge in [-0.05, 0) is 34.7 Å². The molecule has 4 rings (SSSR count). The molecule has 3 heterocycles. The third-order valence-electron chi connectivity index (χ3n) is 5.38. The molecule has 2 aliphatic rings. The number of aromatic nitrogens is 4. The second-order valence-electron chi connectivity index (χ2n) is 7.56. The zero-order chi connectivity index (χ0) is 23.8. The summed E-state index contributed by atoms with van der Waals surface area (Å²) >= 11 is 2.38. The smallest absolute Gasteiger partial charge is 0.549 e. The summed E-state index contributed by atoms with van der Waals surface area (Å²) < 4.78 is 1.42. The molecule has 0 aliphatic carbocycles. The Morgan fingerprint density at radius 2 is 2.09 bits per heavy atom. The van der Waals surface area contributed by atoms with Crippen molar-refractivity contribution in [3.8, 4) is 5.75 Å². The second kappa shape index (κ2) is 10.5. The number of oxime groups is 1. The number of nitrogens with zero attached hydrogens (tertiary/aromatic N) is 6. The number of carbonyl (C=O) groups excluding carboxylic acids is 3. The summed E-state index contributed by atoms with van der Waals surface area (Å²) in [6.07, 6.45) is 0. The maximum absolute atomic E-state index is 12.7. The van der Waals surface area contributed by atoms with E-state index in [4.69, 9.17) is 0 Å². The van der Waals surface area contributed by atoms with Gasteiger partial charge < -0.3 is 30.4 Å². The van der Waals surface area contributed by atoms with Crippen molar-refractivity contribution in [1.82, 2.24) is 30.4 Å². The molecule has 0 saturated carbocycles. The average Bonchev–Trinajstić information content (AvgIpc) is 3.22. The minimum Gasteiger partial charge on any atom is -0.549 e. The number of thioether (sulfide) groups is 2. The SMILES string of the molecule is Cn1nnnc1SCC1(C(=O)[O-])CS[C@@H]2C(NC(=O)C(=NO)c3ccc(O)cc3)C(=O)N2C1.[Na+]. The number of benzene rings is 1. The first-order chi connectivity index (χ1) is 15.8. The van der Waals surface area contributed by atoms with Gasteiger partial charge in [-0.2, -0.15) is 0 Å². The van der Waals surface area contributed by atoms with Crippen LogP contribution in [0.1, 0.15) is 5.56 Å². The van der Waals surface area contributed by atoms with E-state index < -0.39 is 34.6 Å². The van der Waals surface area contributed by atoms with Gasteiger partial charge >= 0.3 is 29.6 Å². The predicted molar refractivity (Wildman–Crippen MR) is 113 cm³/mol. The first-order valence-electron chi connectivity index (χ1n) is 9.57. The Labute approximate surface area is 223 Å². The molecular formula is C18H18N7NaO6S2. The van der Waals surface area contributed by atoms with Crippen LogP contribution in [0.2, 0.25) is 0 Å². The van der Waals surface area contributed by atoms with Gasteiger partial charge in [0, 0.05) is 36.1 Å². The van der Waals surface area contributed by atoms with E-state index in [0.29, 0.717) is 5.16 Å². The van der Waals surface area contributed by atoms with E-state index in [9.17, 15) is 29.8 Å². The van der Waals surface area contributed by atoms with E-state index in [1.807, 2.05) is 0 Å². The number of amides is 2. The number of phenols is 1. The molecule has 2 fully saturated rings. The summed E-state index contributed by atoms with van der Waals surface area (Å²) in [5, 5.41) is 47.2. The van der Waals surface area contributed by atoms with Gasteiger partial charge in [0.1, 0.15) is 17.2 Å². The van der Waals surface area contributed by atoms with Crippen LogP contribution in [0.5, 0.6) is 5.75 Å². The normalized spacial score (nSPS) is 24.0. The summed E-state index contributed by atoms with van der Waals surface area (Å²) in [5.41, 5.74) is -1.38. The molecule has 0 radical (unpaired) electrons. The van der Waals surface area contributed by atoms with Crippen molar-refractivity contribution in [3.05, 3.63) is 29.8 Å². The van der Waals surface area contributed by atoms with Crippen LogP contribution in [0, 0.1) is 5.41 Å². The number of carboxylic acid groups (broad SMARTS) is 1. The Morgan fingerprint density at radius 1 is 1.38 bits per heavy atom. The van der Waals surface area contributed by atoms with Gasteiger partial charge in [-0.3, -0.25) is 9.59 Å². The van der Waals surface area contributed by atoms with Crippen LogP contribution in [-0.4, -0.2) is 88.4 Å². The first-order valence-corrected chi connectivity index (χ1v) is 11.6. The van der Waals surface area contributed by atoms with Gasteiger partial charge in [0.25, 0.3) is 5.91 Å². The maximum atomic E-state index is 12.7. The van der Waals surface area contributed by atoms with E-state index in [1.165, 1.54) is 45.6 Å². The number of fused-ring (bicyclic) bond motifs is 1. The number of phenolic OH excluding ortho intramolecular Hbond substituents is 1. The molecule has 16 heteroatoms. The summed E-state index contributed by atoms with van der Waals surface area (Å²) in [6.45, 7) is -0.0740. The summed E-state index contributed by atoms with van der Waals surface area (Å²) in [5.74, 6) is -2.26. The van der Waals surface area contributed by atoms with Crippen LogP contribution >= 0.6 is 23.5 Å². The molecule has 34 heavy (non-hydrogen) atoms. The van der Waals surface area contributed by atoms with E-state index >= 15 is 0 Å². The molecule has 3 N–H and O–H groups in total. The van der Waals surface area contributed by atoms with Crippen molar-refractivity contribution in [3.63, 3.8) is 0 Å². The number of carboxylic acids is 1. The van der Waals surface area contributed by atoms with Crippen molar-refractivity contribution in [2.24, 2.45) is 17.6 Å². The molecular weight excluding hydrogens is 497 g/mol. The number of aliphatic carboxylic acids is 1. The third-order valence-corrected chi connectivity index (χ3v) is 8.27. The van der Waals surface area contributed by atoms with Crippen molar-refractivity contribution >= 4 is 47.0 Å². The van der Waals surface area contributed by atoms with Gasteiger partial charge in [-0.1, -0.05) is 16.9 Å². The topological polar surface area (TPSA) is 186 Å². The number of rotatable bonds is 7. The van der Waals surface area contributed by atoms with Crippen molar-refractivity contribution in [2.45, 2.75) is 16.6 Å². The summed E-state index contributed by atoms with van der Waals surface area (Å²) in [6, 6.07) is 4.55. The van der Waals surface area contributed by atoms with Crippen LogP contribution in [0.3, 0.4) is 0 Å². The third kappa shape index (κ3) is 4.88. The number of hydrogen-bond donors (Lipinski definition) is 3. The average molecular weight is 516 g/mol. The quantitative estimate of drug-likeness (QED) is 0.0801. The fraction of sp³-hybridized carbons (Fsp3) is 0.389. The zero-order valence-electron chi connectivity index (χ0n) is 18.1. The molecule has 2 amide bonds. The fourth-order valence-corrected chi connectivity index (χ4v) is 6.21. The number of aryl methyl sites for hydroxylation is 1. The molecule has 2 aliphatic heterocycles. The molecule has 2 aromatic rings. The van der Waals surface area contributed by atoms with Gasteiger partial charge in [0.15, 0.2) is 5.71 Å². The predicted octanol–water partition coefficient (Wildman–Crippen LogP) is -4.97. The standard InChI is InChI=1S/C18H19N7O6S2.Na/c1-24-17(20-22-23-24)33-8-18(16(29)30)6-25-14(28)12(15(25)32-7-18)19-13(27)11(21-31)9-2-4-10(26)5-3-9;/h2-5,12,15,26,31H,6-8H2,1H3,(H,19,27)(H,29,30);/q;+1/p-1/t12?,15-,18?;/m1./s1. The molecule has 2 saturated heterocycles. The van der Waals surface area contributed by atoms with Gasteiger partial charge in [0.05, 0.1) is 5.97 Å². The van der Waals surface area contributed by atoms with Crippen LogP contribution in [0.4, 0.5) is 0 Å². The number of β-lactam (4-membered cyclic amide) rings is 1. The van der Waals surface area contributed by atoms with Crippen molar-refractivity contribution < 1.29 is 59.4 Å². The molecule has 3 atom stereocenters. The molecule has 2 unspecified atom stereocenters. The molecule has 13 nitrogen and oxygen atoms in total. The number of aromatic hydroxyl groups is 1. The maximum Gasteiger partial charge on any atom is 1.00 e. The second-order valence-corrected chi connectivity index (χ2v) is 9.60. The Balaban J connectivity index is 0.00000324. The summed E-state index contributed by atoms with van der Waals surface area (Å²) in [7, 11) is 1.63. The van der Waals surface area contributed by atoms with Crippen molar-refractivity contribution in [1.29, 1.82) is 0 Å². The van der Waals surface area contributed by atoms with Crippen molar-refractivity contribution in [2.75, 3.05) is 18.1 Å².